The topological polar surface area (TPSA) is 152 Å². The first-order chi connectivity index (χ1) is 31.0. The van der Waals surface area contributed by atoms with Crippen LogP contribution in [-0.4, -0.2) is 92.3 Å². The van der Waals surface area contributed by atoms with Crippen molar-refractivity contribution in [2.24, 2.45) is 25.9 Å². The second kappa shape index (κ2) is 16.4. The lowest BCUT2D eigenvalue weighted by atomic mass is 9.84. The summed E-state index contributed by atoms with van der Waals surface area (Å²) in [6.45, 7) is 2.64. The van der Waals surface area contributed by atoms with Crippen molar-refractivity contribution >= 4 is 68.4 Å². The van der Waals surface area contributed by atoms with Crippen LogP contribution >= 0.6 is 11.6 Å². The summed E-state index contributed by atoms with van der Waals surface area (Å²) in [7, 11) is 3.24. The fourth-order valence-electron chi connectivity index (χ4n) is 10.3. The van der Waals surface area contributed by atoms with Crippen LogP contribution in [0.4, 0.5) is 45.1 Å². The van der Waals surface area contributed by atoms with Crippen LogP contribution in [0.1, 0.15) is 80.0 Å². The number of alkyl halides is 5. The summed E-state index contributed by atoms with van der Waals surface area (Å²) in [5, 5.41) is 14.1. The van der Waals surface area contributed by atoms with E-state index in [-0.39, 0.29) is 57.8 Å². The van der Waals surface area contributed by atoms with Crippen LogP contribution in [0.25, 0.3) is 21.8 Å². The van der Waals surface area contributed by atoms with Crippen molar-refractivity contribution in [3.05, 3.63) is 68.7 Å². The molecular weight excluding hydrogens is 875 g/mol. The van der Waals surface area contributed by atoms with Gasteiger partial charge in [-0.1, -0.05) is 11.6 Å². The molecule has 3 saturated heterocycles. The molecule has 10 rings (SSSR count). The molecule has 0 spiro atoms. The number of rotatable bonds is 8. The monoisotopic (exact) mass is 922 g/mol. The fraction of sp³-hybridized carbons (Fsp3) is 0.511. The van der Waals surface area contributed by atoms with Crippen LogP contribution in [-0.2, 0) is 29.9 Å². The van der Waals surface area contributed by atoms with Crippen LogP contribution in [0.5, 0.6) is 5.75 Å². The number of carbonyl (C=O) groups excluding carboxylic acids is 2. The van der Waals surface area contributed by atoms with Gasteiger partial charge in [-0.05, 0) is 112 Å². The van der Waals surface area contributed by atoms with Gasteiger partial charge in [0.2, 0.25) is 23.5 Å². The van der Waals surface area contributed by atoms with E-state index < -0.39 is 53.6 Å². The first-order valence-electron chi connectivity index (χ1n) is 22.1. The van der Waals surface area contributed by atoms with Crippen LogP contribution in [0.15, 0.2) is 41.3 Å². The van der Waals surface area contributed by atoms with E-state index in [0.29, 0.717) is 91.7 Å². The third kappa shape index (κ3) is 8.23. The van der Waals surface area contributed by atoms with Gasteiger partial charge in [-0.25, -0.2) is 13.8 Å². The van der Waals surface area contributed by atoms with Crippen molar-refractivity contribution in [1.82, 2.24) is 34.5 Å². The quantitative estimate of drug-likeness (QED) is 0.105. The number of nitrogens with one attached hydrogen (secondary N) is 3. The predicted octanol–water partition coefficient (Wildman–Crippen LogP) is 7.47. The van der Waals surface area contributed by atoms with Gasteiger partial charge in [-0.3, -0.25) is 24.4 Å². The third-order valence-electron chi connectivity index (χ3n) is 14.0. The maximum atomic E-state index is 15.2. The zero-order chi connectivity index (χ0) is 45.5. The van der Waals surface area contributed by atoms with Gasteiger partial charge in [0.1, 0.15) is 5.02 Å². The molecule has 2 unspecified atom stereocenters. The van der Waals surface area contributed by atoms with Crippen molar-refractivity contribution in [3.63, 3.8) is 0 Å². The Kier molecular flexibility index (Phi) is 10.9. The summed E-state index contributed by atoms with van der Waals surface area (Å²) in [5.41, 5.74) is 1.16. The molecule has 1 aliphatic carbocycles. The van der Waals surface area contributed by atoms with E-state index in [9.17, 15) is 27.6 Å². The number of aryl methyl sites for hydroxylation is 2. The van der Waals surface area contributed by atoms with E-state index in [4.69, 9.17) is 21.3 Å². The number of anilines is 4. The minimum atomic E-state index is -4.60. The molecular formula is C45H48ClF5N10O4. The number of benzene rings is 2. The number of fused-ring (bicyclic) bond motifs is 4. The summed E-state index contributed by atoms with van der Waals surface area (Å²) in [6.07, 6.45) is 1.43. The first kappa shape index (κ1) is 43.3. The molecule has 4 fully saturated rings. The van der Waals surface area contributed by atoms with Gasteiger partial charge in [0, 0.05) is 56.6 Å². The number of ether oxygens (including phenoxy) is 1. The predicted molar refractivity (Wildman–Crippen MR) is 234 cm³/mol. The van der Waals surface area contributed by atoms with E-state index in [1.165, 1.54) is 15.4 Å². The minimum absolute atomic E-state index is 0.0989. The second-order valence-corrected chi connectivity index (χ2v) is 18.7. The third-order valence-corrected chi connectivity index (χ3v) is 14.2. The summed E-state index contributed by atoms with van der Waals surface area (Å²) in [6, 6.07) is 6.85. The number of aromatic nitrogens is 5. The second-order valence-electron chi connectivity index (χ2n) is 18.3. The smallest absolute Gasteiger partial charge is 0.416 e. The molecule has 7 heterocycles. The number of pyridine rings is 1. The van der Waals surface area contributed by atoms with Gasteiger partial charge in [-0.15, -0.1) is 0 Å². The normalized spacial score (nSPS) is 22.4. The molecule has 2 atom stereocenters. The van der Waals surface area contributed by atoms with E-state index in [2.05, 4.69) is 35.8 Å². The van der Waals surface area contributed by atoms with Crippen molar-refractivity contribution < 1.29 is 36.3 Å². The highest BCUT2D eigenvalue weighted by Crippen LogP contribution is 2.47. The molecule has 4 aliphatic heterocycles. The summed E-state index contributed by atoms with van der Waals surface area (Å²) in [5.74, 6) is -4.35. The lowest BCUT2D eigenvalue weighted by Gasteiger charge is -2.38. The van der Waals surface area contributed by atoms with Crippen LogP contribution < -0.4 is 31.1 Å². The molecule has 3 N–H and O–H groups in total. The number of carbonyl (C=O) groups is 2. The molecule has 0 radical (unpaired) electrons. The van der Waals surface area contributed by atoms with Gasteiger partial charge >= 0.3 is 12.1 Å². The molecule has 344 valence electrons. The maximum Gasteiger partial charge on any atom is 0.416 e. The fourth-order valence-corrected chi connectivity index (χ4v) is 10.4. The summed E-state index contributed by atoms with van der Waals surface area (Å²) < 4.78 is 82.8. The van der Waals surface area contributed by atoms with Crippen molar-refractivity contribution in [2.75, 3.05) is 54.9 Å². The van der Waals surface area contributed by atoms with Crippen LogP contribution in [0.3, 0.4) is 0 Å². The standard InChI is InChI=1S/C45H48ClF5N10O4/c1-58-33-7-5-26(17-29(33)37-38(42(58)64)65-22-44(47,48)39(55-37)25-3-4-25)53-40-32(46)20-52-43(56-40)61-15-9-23(10-16-61)21-60-13-11-24(12-14-60)28-19-34-30(18-31(28)45(49,50)51)36(57-59(34)2)27-6-8-35(62)54-41(27)63/h5,7,17-20,23-25,27,39,55H,3-4,6,8-16,21-22H2,1-2H3,(H,52,53,56)(H,54,62,63). The Morgan fingerprint density at radius 1 is 0.938 bits per heavy atom. The van der Waals surface area contributed by atoms with Crippen LogP contribution in [0, 0.1) is 11.8 Å². The maximum absolute atomic E-state index is 15.2. The molecule has 3 aromatic heterocycles. The lowest BCUT2D eigenvalue weighted by Crippen LogP contribution is -2.44. The van der Waals surface area contributed by atoms with Crippen molar-refractivity contribution in [1.29, 1.82) is 0 Å². The largest absolute Gasteiger partial charge is 0.480 e. The van der Waals surface area contributed by atoms with Crippen LogP contribution in [0.2, 0.25) is 5.02 Å². The highest BCUT2D eigenvalue weighted by atomic mass is 35.5. The average Bonchev–Trinajstić information content (AvgIpc) is 4.08. The number of halogens is 6. The number of hydrogen-bond donors (Lipinski definition) is 3. The number of nitrogens with zero attached hydrogens (tertiary/aromatic N) is 7. The molecule has 20 heteroatoms. The first-order valence-corrected chi connectivity index (χ1v) is 22.5. The van der Waals surface area contributed by atoms with E-state index >= 15 is 8.78 Å². The Labute approximate surface area is 374 Å². The zero-order valence-electron chi connectivity index (χ0n) is 35.8. The van der Waals surface area contributed by atoms with Gasteiger partial charge in [0.15, 0.2) is 12.4 Å². The highest BCUT2D eigenvalue weighted by Gasteiger charge is 2.51. The number of piperidine rings is 3. The molecule has 5 aromatic rings. The molecule has 5 aliphatic rings. The number of amides is 2. The highest BCUT2D eigenvalue weighted by molar-refractivity contribution is 6.33. The van der Waals surface area contributed by atoms with Gasteiger partial charge in [-0.2, -0.15) is 23.3 Å². The lowest BCUT2D eigenvalue weighted by molar-refractivity contribution is -0.138. The van der Waals surface area contributed by atoms with Crippen molar-refractivity contribution in [2.45, 2.75) is 81.3 Å². The van der Waals surface area contributed by atoms with Gasteiger partial charge < -0.3 is 29.7 Å². The van der Waals surface area contributed by atoms with E-state index in [1.54, 1.807) is 38.4 Å². The Morgan fingerprint density at radius 2 is 1.69 bits per heavy atom. The minimum Gasteiger partial charge on any atom is -0.480 e. The van der Waals surface area contributed by atoms with E-state index in [0.717, 1.165) is 25.5 Å². The summed E-state index contributed by atoms with van der Waals surface area (Å²) >= 11 is 6.61. The number of likely N-dealkylation sites (tertiary alicyclic amines) is 1. The average molecular weight is 923 g/mol. The number of imide groups is 1. The number of hydrogen-bond acceptors (Lipinski definition) is 11. The summed E-state index contributed by atoms with van der Waals surface area (Å²) in [4.78, 5) is 51.4. The molecule has 2 amide bonds. The Balaban J connectivity index is 0.786. The van der Waals surface area contributed by atoms with E-state index in [1.807, 2.05) is 0 Å². The molecule has 0 bridgehead atoms. The zero-order valence-corrected chi connectivity index (χ0v) is 36.5. The molecule has 65 heavy (non-hydrogen) atoms. The van der Waals surface area contributed by atoms with Gasteiger partial charge in [0.25, 0.3) is 5.56 Å². The van der Waals surface area contributed by atoms with Crippen molar-refractivity contribution in [3.8, 4) is 5.75 Å². The molecule has 1 saturated carbocycles. The SMILES string of the molecule is Cn1nc(C2CCC(=O)NC2=O)c2cc(C(F)(F)F)c(C3CCN(CC4CCN(c5ncc(Cl)c(Nc6ccc7c(c6)c6c(c(=O)n7C)OCC(F)(F)C(C7CC7)N6)n5)CC4)CC3)cc21. The Hall–Kier alpha value is -5.56. The van der Waals surface area contributed by atoms with Gasteiger partial charge in [0.05, 0.1) is 46.1 Å². The molecule has 14 nitrogen and oxygen atoms in total. The molecule has 2 aromatic carbocycles. The Bertz CT molecular complexity index is 2780. The Morgan fingerprint density at radius 3 is 2.40 bits per heavy atom.